The van der Waals surface area contributed by atoms with Gasteiger partial charge < -0.3 is 24.7 Å². The molecule has 120 valence electrons. The first-order valence-electron chi connectivity index (χ1n) is 7.37. The van der Waals surface area contributed by atoms with Gasteiger partial charge in [0.2, 0.25) is 12.7 Å². The molecule has 2 aromatic rings. The second-order valence-electron chi connectivity index (χ2n) is 5.41. The smallest absolute Gasteiger partial charge is 0.231 e. The van der Waals surface area contributed by atoms with Crippen molar-refractivity contribution < 1.29 is 18.9 Å². The lowest BCUT2D eigenvalue weighted by molar-refractivity contribution is 0.174. The zero-order chi connectivity index (χ0) is 16.7. The summed E-state index contributed by atoms with van der Waals surface area (Å²) >= 11 is 0. The molecule has 2 aromatic carbocycles. The highest BCUT2D eigenvalue weighted by atomic mass is 16.7. The van der Waals surface area contributed by atoms with Crippen LogP contribution in [-0.2, 0) is 0 Å². The summed E-state index contributed by atoms with van der Waals surface area (Å²) in [5.41, 5.74) is 7.95. The van der Waals surface area contributed by atoms with Crippen LogP contribution in [0.25, 0.3) is 0 Å². The third kappa shape index (κ3) is 2.02. The molecule has 0 aromatic heterocycles. The lowest BCUT2D eigenvalue weighted by Gasteiger charge is -2.27. The van der Waals surface area contributed by atoms with Gasteiger partial charge in [-0.3, -0.25) is 0 Å². The number of fused-ring (bicyclic) bond motifs is 2. The Kier molecular flexibility index (Phi) is 3.21. The quantitative estimate of drug-likeness (QED) is 0.914. The van der Waals surface area contributed by atoms with Crippen molar-refractivity contribution in [1.82, 2.24) is 0 Å². The Hall–Kier alpha value is -3.33. The first-order valence-corrected chi connectivity index (χ1v) is 7.37. The number of nitriles is 1. The Morgan fingerprint density at radius 2 is 1.88 bits per heavy atom. The van der Waals surface area contributed by atoms with Crippen molar-refractivity contribution in [3.8, 4) is 29.1 Å². The zero-order valence-electron chi connectivity index (χ0n) is 12.9. The van der Waals surface area contributed by atoms with Crippen molar-refractivity contribution in [3.05, 3.63) is 59.0 Å². The molecule has 0 amide bonds. The molecular weight excluding hydrogens is 308 g/mol. The minimum Gasteiger partial charge on any atom is -0.496 e. The van der Waals surface area contributed by atoms with Crippen LogP contribution in [0.1, 0.15) is 17.0 Å². The van der Waals surface area contributed by atoms with E-state index in [-0.39, 0.29) is 12.7 Å². The molecule has 0 bridgehead atoms. The van der Waals surface area contributed by atoms with E-state index in [1.807, 2.05) is 30.3 Å². The fraction of sp³-hybridized carbons (Fsp3) is 0.167. The fourth-order valence-electron chi connectivity index (χ4n) is 3.07. The number of benzene rings is 2. The Bertz CT molecular complexity index is 898. The van der Waals surface area contributed by atoms with E-state index in [4.69, 9.17) is 24.7 Å². The van der Waals surface area contributed by atoms with Crippen LogP contribution < -0.4 is 24.7 Å². The third-order valence-corrected chi connectivity index (χ3v) is 4.16. The van der Waals surface area contributed by atoms with Gasteiger partial charge in [-0.25, -0.2) is 0 Å². The van der Waals surface area contributed by atoms with E-state index in [1.165, 1.54) is 0 Å². The van der Waals surface area contributed by atoms with Crippen LogP contribution in [0.3, 0.4) is 0 Å². The summed E-state index contributed by atoms with van der Waals surface area (Å²) in [6.07, 6.45) is 0. The first kappa shape index (κ1) is 14.3. The normalized spacial score (nSPS) is 17.8. The van der Waals surface area contributed by atoms with Gasteiger partial charge in [0.15, 0.2) is 11.5 Å². The Balaban J connectivity index is 1.96. The fourth-order valence-corrected chi connectivity index (χ4v) is 3.07. The van der Waals surface area contributed by atoms with Crippen molar-refractivity contribution in [2.45, 2.75) is 5.92 Å². The van der Waals surface area contributed by atoms with Gasteiger partial charge in [0.25, 0.3) is 0 Å². The van der Waals surface area contributed by atoms with E-state index in [0.717, 1.165) is 11.1 Å². The molecular formula is C18H14N2O4. The van der Waals surface area contributed by atoms with Gasteiger partial charge >= 0.3 is 0 Å². The largest absolute Gasteiger partial charge is 0.496 e. The number of hydrogen-bond donors (Lipinski definition) is 1. The maximum Gasteiger partial charge on any atom is 0.231 e. The number of methoxy groups -OCH3 is 1. The minimum absolute atomic E-state index is 0.0831. The second kappa shape index (κ2) is 5.39. The standard InChI is InChI=1S/C18H14N2O4/c1-21-13-5-3-2-4-10(13)17-11-6-15-16(23-9-22-15)7-14(11)24-18(20)12(17)8-19/h2-7,17H,9,20H2,1H3/t17-/m1/s1. The predicted molar refractivity (Wildman–Crippen MR) is 84.9 cm³/mol. The molecule has 2 heterocycles. The molecule has 0 radical (unpaired) electrons. The highest BCUT2D eigenvalue weighted by Crippen LogP contribution is 2.49. The van der Waals surface area contributed by atoms with Gasteiger partial charge in [-0.1, -0.05) is 18.2 Å². The molecule has 6 heteroatoms. The maximum absolute atomic E-state index is 9.61. The number of nitrogens with two attached hydrogens (primary N) is 1. The van der Waals surface area contributed by atoms with Gasteiger partial charge in [0.05, 0.1) is 13.0 Å². The highest BCUT2D eigenvalue weighted by molar-refractivity contribution is 5.62. The lowest BCUT2D eigenvalue weighted by Crippen LogP contribution is -2.21. The van der Waals surface area contributed by atoms with Crippen LogP contribution in [0.2, 0.25) is 0 Å². The predicted octanol–water partition coefficient (Wildman–Crippen LogP) is 2.64. The third-order valence-electron chi connectivity index (χ3n) is 4.16. The summed E-state index contributed by atoms with van der Waals surface area (Å²) in [6, 6.07) is 13.3. The SMILES string of the molecule is COc1ccccc1[C@H]1C(C#N)=C(N)Oc2cc3c(cc21)OCO3. The summed E-state index contributed by atoms with van der Waals surface area (Å²) < 4.78 is 22.0. The molecule has 2 aliphatic rings. The number of allylic oxidation sites excluding steroid dienone is 1. The molecule has 4 rings (SSSR count). The number of nitrogens with zero attached hydrogens (tertiary/aromatic N) is 1. The lowest BCUT2D eigenvalue weighted by atomic mass is 9.83. The highest BCUT2D eigenvalue weighted by Gasteiger charge is 2.34. The van der Waals surface area contributed by atoms with Crippen LogP contribution in [0.15, 0.2) is 47.9 Å². The maximum atomic E-state index is 9.61. The Morgan fingerprint density at radius 1 is 1.12 bits per heavy atom. The van der Waals surface area contributed by atoms with Crippen molar-refractivity contribution in [1.29, 1.82) is 5.26 Å². The molecule has 0 unspecified atom stereocenters. The molecule has 0 spiro atoms. The van der Waals surface area contributed by atoms with E-state index < -0.39 is 5.92 Å². The van der Waals surface area contributed by atoms with Gasteiger partial charge in [0.1, 0.15) is 23.1 Å². The zero-order valence-corrected chi connectivity index (χ0v) is 12.9. The Morgan fingerprint density at radius 3 is 2.62 bits per heavy atom. The average molecular weight is 322 g/mol. The van der Waals surface area contributed by atoms with Crippen molar-refractivity contribution in [3.63, 3.8) is 0 Å². The number of rotatable bonds is 2. The molecule has 24 heavy (non-hydrogen) atoms. The number of ether oxygens (including phenoxy) is 4. The van der Waals surface area contributed by atoms with Crippen molar-refractivity contribution >= 4 is 0 Å². The van der Waals surface area contributed by atoms with Crippen LogP contribution in [0.5, 0.6) is 23.0 Å². The first-order chi connectivity index (χ1) is 11.7. The van der Waals surface area contributed by atoms with E-state index in [0.29, 0.717) is 28.6 Å². The number of para-hydroxylation sites is 1. The van der Waals surface area contributed by atoms with E-state index in [1.54, 1.807) is 13.2 Å². The van der Waals surface area contributed by atoms with Gasteiger partial charge in [0, 0.05) is 17.2 Å². The summed E-state index contributed by atoms with van der Waals surface area (Å²) in [6.45, 7) is 0.158. The van der Waals surface area contributed by atoms with Crippen LogP contribution in [0.4, 0.5) is 0 Å². The number of hydrogen-bond acceptors (Lipinski definition) is 6. The van der Waals surface area contributed by atoms with Crippen molar-refractivity contribution in [2.75, 3.05) is 13.9 Å². The van der Waals surface area contributed by atoms with Crippen molar-refractivity contribution in [2.24, 2.45) is 5.73 Å². The summed E-state index contributed by atoms with van der Waals surface area (Å²) in [5.74, 6) is 2.13. The second-order valence-corrected chi connectivity index (χ2v) is 5.41. The van der Waals surface area contributed by atoms with Gasteiger partial charge in [-0.15, -0.1) is 0 Å². The minimum atomic E-state index is -0.399. The summed E-state index contributed by atoms with van der Waals surface area (Å²) in [5, 5.41) is 9.61. The van der Waals surface area contributed by atoms with E-state index in [2.05, 4.69) is 6.07 Å². The molecule has 6 nitrogen and oxygen atoms in total. The topological polar surface area (TPSA) is 86.7 Å². The molecule has 2 aliphatic heterocycles. The molecule has 1 atom stereocenters. The van der Waals surface area contributed by atoms with Crippen LogP contribution >= 0.6 is 0 Å². The molecule has 2 N–H and O–H groups in total. The van der Waals surface area contributed by atoms with E-state index in [9.17, 15) is 5.26 Å². The summed E-state index contributed by atoms with van der Waals surface area (Å²) in [4.78, 5) is 0. The van der Waals surface area contributed by atoms with Gasteiger partial charge in [-0.05, 0) is 12.1 Å². The average Bonchev–Trinajstić information content (AvgIpc) is 3.06. The molecule has 0 fully saturated rings. The molecule has 0 saturated heterocycles. The van der Waals surface area contributed by atoms with E-state index >= 15 is 0 Å². The summed E-state index contributed by atoms with van der Waals surface area (Å²) in [7, 11) is 1.60. The van der Waals surface area contributed by atoms with Crippen LogP contribution in [0, 0.1) is 11.3 Å². The monoisotopic (exact) mass is 322 g/mol. The molecule has 0 saturated carbocycles. The Labute approximate surface area is 138 Å². The van der Waals surface area contributed by atoms with Gasteiger partial charge in [-0.2, -0.15) is 5.26 Å². The molecule has 0 aliphatic carbocycles. The van der Waals surface area contributed by atoms with Crippen LogP contribution in [-0.4, -0.2) is 13.9 Å².